The number of benzene rings is 2. The van der Waals surface area contributed by atoms with Crippen molar-refractivity contribution >= 4 is 33.6 Å². The Morgan fingerprint density at radius 3 is 2.77 bits per heavy atom. The number of rotatable bonds is 7. The first-order chi connectivity index (χ1) is 12.6. The molecule has 0 aliphatic rings. The summed E-state index contributed by atoms with van der Waals surface area (Å²) in [6.45, 7) is 0.301. The molecule has 7 heteroatoms. The quantitative estimate of drug-likeness (QED) is 0.509. The number of carbonyl (C=O) groups excluding carboxylic acids is 1. The predicted octanol–water partition coefficient (Wildman–Crippen LogP) is 4.64. The van der Waals surface area contributed by atoms with E-state index in [0.717, 1.165) is 15.8 Å². The molecular formula is C19H18BrN3O2S. The second kappa shape index (κ2) is 9.00. The molecule has 0 N–H and O–H groups in total. The van der Waals surface area contributed by atoms with Gasteiger partial charge in [-0.05, 0) is 24.3 Å². The zero-order valence-corrected chi connectivity index (χ0v) is 16.7. The fourth-order valence-electron chi connectivity index (χ4n) is 2.32. The van der Waals surface area contributed by atoms with E-state index in [1.54, 1.807) is 23.7 Å². The molecule has 134 valence electrons. The molecule has 1 heterocycles. The van der Waals surface area contributed by atoms with Gasteiger partial charge in [0.2, 0.25) is 17.6 Å². The molecule has 0 aliphatic heterocycles. The molecule has 0 unspecified atom stereocenters. The highest BCUT2D eigenvalue weighted by molar-refractivity contribution is 9.10. The minimum absolute atomic E-state index is 0.0515. The van der Waals surface area contributed by atoms with Crippen molar-refractivity contribution in [1.82, 2.24) is 15.0 Å². The van der Waals surface area contributed by atoms with Crippen molar-refractivity contribution in [2.24, 2.45) is 0 Å². The zero-order valence-electron chi connectivity index (χ0n) is 14.3. The van der Waals surface area contributed by atoms with Crippen LogP contribution in [-0.2, 0) is 11.3 Å². The molecule has 3 aromatic rings. The Bertz CT molecular complexity index is 870. The molecule has 5 nitrogen and oxygen atoms in total. The number of halogens is 1. The van der Waals surface area contributed by atoms with Gasteiger partial charge in [-0.2, -0.15) is 4.98 Å². The van der Waals surface area contributed by atoms with Gasteiger partial charge in [0.15, 0.2) is 0 Å². The molecule has 0 radical (unpaired) electrons. The van der Waals surface area contributed by atoms with Crippen LogP contribution in [0.3, 0.4) is 0 Å². The van der Waals surface area contributed by atoms with Crippen LogP contribution in [0.1, 0.15) is 12.3 Å². The van der Waals surface area contributed by atoms with Crippen LogP contribution in [0.4, 0.5) is 0 Å². The van der Waals surface area contributed by atoms with Crippen molar-refractivity contribution < 1.29 is 9.32 Å². The van der Waals surface area contributed by atoms with Gasteiger partial charge in [-0.1, -0.05) is 51.4 Å². The monoisotopic (exact) mass is 431 g/mol. The number of thioether (sulfide) groups is 1. The van der Waals surface area contributed by atoms with Crippen LogP contribution in [0.2, 0.25) is 0 Å². The lowest BCUT2D eigenvalue weighted by Gasteiger charge is -2.14. The minimum Gasteiger partial charge on any atom is -0.337 e. The van der Waals surface area contributed by atoms with E-state index in [-0.39, 0.29) is 5.91 Å². The van der Waals surface area contributed by atoms with Crippen molar-refractivity contribution in [1.29, 1.82) is 0 Å². The fourth-order valence-corrected chi connectivity index (χ4v) is 3.58. The summed E-state index contributed by atoms with van der Waals surface area (Å²) < 4.78 is 6.23. The molecule has 0 saturated heterocycles. The van der Waals surface area contributed by atoms with E-state index in [4.69, 9.17) is 4.52 Å². The Morgan fingerprint density at radius 1 is 1.19 bits per heavy atom. The topological polar surface area (TPSA) is 59.2 Å². The maximum absolute atomic E-state index is 12.3. The lowest BCUT2D eigenvalue weighted by molar-refractivity contribution is -0.130. The first kappa shape index (κ1) is 18.7. The number of hydrogen-bond donors (Lipinski definition) is 0. The molecule has 0 atom stereocenters. The van der Waals surface area contributed by atoms with Crippen LogP contribution in [0, 0.1) is 0 Å². The number of carbonyl (C=O) groups is 1. The molecule has 0 spiro atoms. The summed E-state index contributed by atoms with van der Waals surface area (Å²) in [4.78, 5) is 19.4. The second-order valence-electron chi connectivity index (χ2n) is 5.68. The third-order valence-corrected chi connectivity index (χ3v) is 5.18. The van der Waals surface area contributed by atoms with E-state index in [0.29, 0.717) is 24.7 Å². The number of hydrogen-bond acceptors (Lipinski definition) is 5. The molecule has 0 fully saturated rings. The lowest BCUT2D eigenvalue weighted by atomic mass is 10.2. The van der Waals surface area contributed by atoms with E-state index in [2.05, 4.69) is 26.1 Å². The Hall–Kier alpha value is -2.12. The summed E-state index contributed by atoms with van der Waals surface area (Å²) >= 11 is 5.10. The maximum Gasteiger partial charge on any atom is 0.246 e. The molecule has 1 amide bonds. The number of amides is 1. The highest BCUT2D eigenvalue weighted by atomic mass is 79.9. The third-order valence-electron chi connectivity index (χ3n) is 3.68. The van der Waals surface area contributed by atoms with Gasteiger partial charge in [-0.3, -0.25) is 4.79 Å². The van der Waals surface area contributed by atoms with Gasteiger partial charge in [0, 0.05) is 34.2 Å². The molecule has 3 rings (SSSR count). The van der Waals surface area contributed by atoms with Crippen LogP contribution in [0.15, 0.2) is 68.5 Å². The summed E-state index contributed by atoms with van der Waals surface area (Å²) in [6, 6.07) is 17.7. The van der Waals surface area contributed by atoms with E-state index in [1.807, 2.05) is 54.6 Å². The Labute approximate surface area is 164 Å². The normalized spacial score (nSPS) is 10.7. The Balaban J connectivity index is 1.51. The molecule has 0 bridgehead atoms. The van der Waals surface area contributed by atoms with Crippen LogP contribution < -0.4 is 0 Å². The first-order valence-electron chi connectivity index (χ1n) is 8.12. The average molecular weight is 432 g/mol. The standard InChI is InChI=1S/C19H18BrN3O2S/c1-23(18(24)10-11-26-16-8-3-2-4-9-16)13-17-21-19(22-25-17)14-6-5-7-15(20)12-14/h2-9,12H,10-11,13H2,1H3. The van der Waals surface area contributed by atoms with Gasteiger partial charge < -0.3 is 9.42 Å². The summed E-state index contributed by atoms with van der Waals surface area (Å²) in [5.41, 5.74) is 0.864. The summed E-state index contributed by atoms with van der Waals surface area (Å²) in [7, 11) is 1.75. The third kappa shape index (κ3) is 5.19. The summed E-state index contributed by atoms with van der Waals surface area (Å²) in [5.74, 6) is 1.73. The highest BCUT2D eigenvalue weighted by Gasteiger charge is 2.14. The lowest BCUT2D eigenvalue weighted by Crippen LogP contribution is -2.26. The minimum atomic E-state index is 0.0515. The van der Waals surface area contributed by atoms with Gasteiger partial charge in [0.25, 0.3) is 0 Å². The number of nitrogens with zero attached hydrogens (tertiary/aromatic N) is 3. The second-order valence-corrected chi connectivity index (χ2v) is 7.77. The summed E-state index contributed by atoms with van der Waals surface area (Å²) in [5, 5.41) is 3.99. The average Bonchev–Trinajstić information content (AvgIpc) is 3.11. The number of aromatic nitrogens is 2. The highest BCUT2D eigenvalue weighted by Crippen LogP contribution is 2.21. The molecule has 0 saturated carbocycles. The van der Waals surface area contributed by atoms with Crippen molar-refractivity contribution in [3.63, 3.8) is 0 Å². The van der Waals surface area contributed by atoms with Crippen molar-refractivity contribution in [2.75, 3.05) is 12.8 Å². The van der Waals surface area contributed by atoms with E-state index >= 15 is 0 Å². The van der Waals surface area contributed by atoms with Gasteiger partial charge in [0.1, 0.15) is 0 Å². The summed E-state index contributed by atoms with van der Waals surface area (Å²) in [6.07, 6.45) is 0.461. The van der Waals surface area contributed by atoms with Gasteiger partial charge in [0.05, 0.1) is 6.54 Å². The van der Waals surface area contributed by atoms with E-state index in [9.17, 15) is 4.79 Å². The van der Waals surface area contributed by atoms with E-state index in [1.165, 1.54) is 4.90 Å². The van der Waals surface area contributed by atoms with Crippen LogP contribution in [0.25, 0.3) is 11.4 Å². The van der Waals surface area contributed by atoms with E-state index < -0.39 is 0 Å². The maximum atomic E-state index is 12.3. The molecular weight excluding hydrogens is 414 g/mol. The molecule has 26 heavy (non-hydrogen) atoms. The van der Waals surface area contributed by atoms with Crippen LogP contribution >= 0.6 is 27.7 Å². The van der Waals surface area contributed by atoms with Gasteiger partial charge >= 0.3 is 0 Å². The first-order valence-corrected chi connectivity index (χ1v) is 9.90. The largest absolute Gasteiger partial charge is 0.337 e. The smallest absolute Gasteiger partial charge is 0.246 e. The van der Waals surface area contributed by atoms with Gasteiger partial charge in [-0.15, -0.1) is 11.8 Å². The SMILES string of the molecule is CN(Cc1nc(-c2cccc(Br)c2)no1)C(=O)CCSc1ccccc1. The fraction of sp³-hybridized carbons (Fsp3) is 0.211. The van der Waals surface area contributed by atoms with Crippen molar-refractivity contribution in [2.45, 2.75) is 17.9 Å². The van der Waals surface area contributed by atoms with Crippen molar-refractivity contribution in [3.05, 3.63) is 65.0 Å². The van der Waals surface area contributed by atoms with Crippen LogP contribution in [-0.4, -0.2) is 33.7 Å². The molecule has 1 aromatic heterocycles. The Kier molecular flexibility index (Phi) is 6.46. The van der Waals surface area contributed by atoms with Crippen molar-refractivity contribution in [3.8, 4) is 11.4 Å². The predicted molar refractivity (Wildman–Crippen MR) is 106 cm³/mol. The molecule has 2 aromatic carbocycles. The van der Waals surface area contributed by atoms with Gasteiger partial charge in [-0.25, -0.2) is 0 Å². The zero-order chi connectivity index (χ0) is 18.4. The van der Waals surface area contributed by atoms with Crippen LogP contribution in [0.5, 0.6) is 0 Å². The Morgan fingerprint density at radius 2 is 2.00 bits per heavy atom. The molecule has 0 aliphatic carbocycles.